The lowest BCUT2D eigenvalue weighted by atomic mass is 10.1. The Kier molecular flexibility index (Phi) is 4.55. The second-order valence-corrected chi connectivity index (χ2v) is 6.05. The highest BCUT2D eigenvalue weighted by atomic mass is 35.5. The van der Waals surface area contributed by atoms with Gasteiger partial charge in [-0.05, 0) is 31.4 Å². The van der Waals surface area contributed by atoms with Crippen LogP contribution in [0.5, 0.6) is 5.75 Å². The first-order chi connectivity index (χ1) is 11.0. The normalized spacial score (nSPS) is 12.5. The van der Waals surface area contributed by atoms with Crippen LogP contribution in [0.2, 0.25) is 5.02 Å². The van der Waals surface area contributed by atoms with E-state index in [9.17, 15) is 5.11 Å². The third kappa shape index (κ3) is 3.49. The fraction of sp³-hybridized carbons (Fsp3) is 0.278. The van der Waals surface area contributed by atoms with E-state index in [4.69, 9.17) is 16.3 Å². The zero-order valence-electron chi connectivity index (χ0n) is 13.2. The summed E-state index contributed by atoms with van der Waals surface area (Å²) in [5.74, 6) is 0.581. The molecule has 23 heavy (non-hydrogen) atoms. The van der Waals surface area contributed by atoms with Gasteiger partial charge in [0.2, 0.25) is 0 Å². The molecule has 1 aromatic heterocycles. The molecule has 0 unspecified atom stereocenters. The predicted molar refractivity (Wildman–Crippen MR) is 92.2 cm³/mol. The van der Waals surface area contributed by atoms with Crippen LogP contribution < -0.4 is 4.74 Å². The average Bonchev–Trinajstić information content (AvgIpc) is 2.84. The second-order valence-electron chi connectivity index (χ2n) is 5.67. The van der Waals surface area contributed by atoms with Crippen LogP contribution in [0.4, 0.5) is 0 Å². The Bertz CT molecular complexity index is 829. The first-order valence-electron chi connectivity index (χ1n) is 7.54. The SMILES string of the molecule is Cc1cc(C)n(C[C@H](O)COc2ccc3ccccc3c2Cl)n1. The van der Waals surface area contributed by atoms with Crippen molar-refractivity contribution in [3.8, 4) is 5.75 Å². The number of hydrogen-bond donors (Lipinski definition) is 1. The molecule has 0 amide bonds. The minimum absolute atomic E-state index is 0.163. The molecule has 0 saturated heterocycles. The minimum atomic E-state index is -0.657. The number of aliphatic hydroxyl groups is 1. The minimum Gasteiger partial charge on any atom is -0.489 e. The van der Waals surface area contributed by atoms with E-state index in [-0.39, 0.29) is 6.61 Å². The molecule has 1 N–H and O–H groups in total. The lowest BCUT2D eigenvalue weighted by molar-refractivity contribution is 0.0888. The van der Waals surface area contributed by atoms with E-state index >= 15 is 0 Å². The zero-order valence-corrected chi connectivity index (χ0v) is 13.9. The molecule has 1 atom stereocenters. The van der Waals surface area contributed by atoms with Crippen LogP contribution in [0.3, 0.4) is 0 Å². The number of ether oxygens (including phenoxy) is 1. The van der Waals surface area contributed by atoms with Crippen molar-refractivity contribution in [1.29, 1.82) is 0 Å². The van der Waals surface area contributed by atoms with Crippen LogP contribution in [0, 0.1) is 13.8 Å². The van der Waals surface area contributed by atoms with Gasteiger partial charge in [-0.1, -0.05) is 41.9 Å². The van der Waals surface area contributed by atoms with E-state index in [1.54, 1.807) is 4.68 Å². The third-order valence-corrected chi connectivity index (χ3v) is 4.14. The largest absolute Gasteiger partial charge is 0.489 e. The number of hydrogen-bond acceptors (Lipinski definition) is 3. The first kappa shape index (κ1) is 15.8. The molecule has 5 heteroatoms. The molecule has 0 bridgehead atoms. The molecule has 3 rings (SSSR count). The maximum atomic E-state index is 10.2. The number of aromatic nitrogens is 2. The molecule has 0 radical (unpaired) electrons. The fourth-order valence-corrected chi connectivity index (χ4v) is 2.91. The zero-order chi connectivity index (χ0) is 16.4. The van der Waals surface area contributed by atoms with Crippen LogP contribution in [0.25, 0.3) is 10.8 Å². The van der Waals surface area contributed by atoms with E-state index in [2.05, 4.69) is 5.10 Å². The average molecular weight is 331 g/mol. The Morgan fingerprint density at radius 1 is 1.22 bits per heavy atom. The van der Waals surface area contributed by atoms with E-state index in [1.165, 1.54) is 0 Å². The number of fused-ring (bicyclic) bond motifs is 1. The Morgan fingerprint density at radius 2 is 2.00 bits per heavy atom. The third-order valence-electron chi connectivity index (χ3n) is 3.75. The summed E-state index contributed by atoms with van der Waals surface area (Å²) >= 11 is 6.39. The maximum Gasteiger partial charge on any atom is 0.138 e. The number of rotatable bonds is 5. The topological polar surface area (TPSA) is 47.3 Å². The molecular formula is C18H19ClN2O2. The van der Waals surface area contributed by atoms with Crippen molar-refractivity contribution < 1.29 is 9.84 Å². The smallest absolute Gasteiger partial charge is 0.138 e. The first-order valence-corrected chi connectivity index (χ1v) is 7.91. The summed E-state index contributed by atoms with van der Waals surface area (Å²) in [5, 5.41) is 17.1. The molecule has 0 aliphatic rings. The Labute approximate surface area is 140 Å². The van der Waals surface area contributed by atoms with Crippen molar-refractivity contribution in [2.24, 2.45) is 0 Å². The monoisotopic (exact) mass is 330 g/mol. The number of aryl methyl sites for hydroxylation is 2. The summed E-state index contributed by atoms with van der Waals surface area (Å²) in [5.41, 5.74) is 1.96. The van der Waals surface area contributed by atoms with Gasteiger partial charge in [-0.3, -0.25) is 4.68 Å². The van der Waals surface area contributed by atoms with E-state index in [0.717, 1.165) is 22.2 Å². The Hall–Kier alpha value is -2.04. The van der Waals surface area contributed by atoms with Crippen molar-refractivity contribution >= 4 is 22.4 Å². The van der Waals surface area contributed by atoms with Gasteiger partial charge in [-0.15, -0.1) is 0 Å². The van der Waals surface area contributed by atoms with Gasteiger partial charge in [0.05, 0.1) is 17.3 Å². The van der Waals surface area contributed by atoms with Crippen molar-refractivity contribution in [2.45, 2.75) is 26.5 Å². The standard InChI is InChI=1S/C18H19ClN2O2/c1-12-9-13(2)21(20-12)10-15(22)11-23-17-8-7-14-5-3-4-6-16(14)18(17)19/h3-9,15,22H,10-11H2,1-2H3/t15-/m0/s1. The molecule has 120 valence electrons. The van der Waals surface area contributed by atoms with E-state index in [0.29, 0.717) is 17.3 Å². The Morgan fingerprint density at radius 3 is 2.74 bits per heavy atom. The number of aliphatic hydroxyl groups excluding tert-OH is 1. The highest BCUT2D eigenvalue weighted by Crippen LogP contribution is 2.32. The molecule has 4 nitrogen and oxygen atoms in total. The molecule has 1 heterocycles. The lowest BCUT2D eigenvalue weighted by Gasteiger charge is -2.15. The summed E-state index contributed by atoms with van der Waals surface area (Å²) < 4.78 is 7.49. The van der Waals surface area contributed by atoms with Crippen molar-refractivity contribution in [3.63, 3.8) is 0 Å². The summed E-state index contributed by atoms with van der Waals surface area (Å²) in [6.45, 7) is 4.45. The summed E-state index contributed by atoms with van der Waals surface area (Å²) in [4.78, 5) is 0. The second kappa shape index (κ2) is 6.60. The Balaban J connectivity index is 1.68. The molecule has 0 fully saturated rings. The molecular weight excluding hydrogens is 312 g/mol. The molecule has 0 aliphatic carbocycles. The van der Waals surface area contributed by atoms with Crippen LogP contribution in [0.1, 0.15) is 11.4 Å². The van der Waals surface area contributed by atoms with Gasteiger partial charge in [0.15, 0.2) is 0 Å². The number of benzene rings is 2. The molecule has 0 spiro atoms. The lowest BCUT2D eigenvalue weighted by Crippen LogP contribution is -2.24. The number of nitrogens with zero attached hydrogens (tertiary/aromatic N) is 2. The van der Waals surface area contributed by atoms with Crippen molar-refractivity contribution in [1.82, 2.24) is 9.78 Å². The van der Waals surface area contributed by atoms with E-state index < -0.39 is 6.10 Å². The predicted octanol–water partition coefficient (Wildman–Crippen LogP) is 3.75. The van der Waals surface area contributed by atoms with Crippen LogP contribution in [0.15, 0.2) is 42.5 Å². The van der Waals surface area contributed by atoms with Crippen molar-refractivity contribution in [2.75, 3.05) is 6.61 Å². The number of halogens is 1. The van der Waals surface area contributed by atoms with Gasteiger partial charge in [-0.2, -0.15) is 5.10 Å². The van der Waals surface area contributed by atoms with Crippen LogP contribution in [-0.2, 0) is 6.54 Å². The fourth-order valence-electron chi connectivity index (χ4n) is 2.62. The summed E-state index contributed by atoms with van der Waals surface area (Å²) in [6.07, 6.45) is -0.657. The quantitative estimate of drug-likeness (QED) is 0.775. The highest BCUT2D eigenvalue weighted by Gasteiger charge is 2.12. The molecule has 2 aromatic carbocycles. The molecule has 0 aliphatic heterocycles. The van der Waals surface area contributed by atoms with Crippen LogP contribution >= 0.6 is 11.6 Å². The van der Waals surface area contributed by atoms with Gasteiger partial charge in [0.1, 0.15) is 18.5 Å². The molecule has 3 aromatic rings. The van der Waals surface area contributed by atoms with Gasteiger partial charge < -0.3 is 9.84 Å². The summed E-state index contributed by atoms with van der Waals surface area (Å²) in [6, 6.07) is 13.6. The van der Waals surface area contributed by atoms with Gasteiger partial charge in [-0.25, -0.2) is 0 Å². The van der Waals surface area contributed by atoms with Gasteiger partial charge in [0, 0.05) is 11.1 Å². The van der Waals surface area contributed by atoms with Gasteiger partial charge >= 0.3 is 0 Å². The van der Waals surface area contributed by atoms with Gasteiger partial charge in [0.25, 0.3) is 0 Å². The van der Waals surface area contributed by atoms with Crippen molar-refractivity contribution in [3.05, 3.63) is 58.9 Å². The highest BCUT2D eigenvalue weighted by molar-refractivity contribution is 6.37. The summed E-state index contributed by atoms with van der Waals surface area (Å²) in [7, 11) is 0. The molecule has 0 saturated carbocycles. The van der Waals surface area contributed by atoms with Crippen LogP contribution in [-0.4, -0.2) is 27.6 Å². The van der Waals surface area contributed by atoms with E-state index in [1.807, 2.05) is 56.3 Å². The maximum absolute atomic E-state index is 10.2.